The lowest BCUT2D eigenvalue weighted by Gasteiger charge is -2.38. The molecule has 8 nitrogen and oxygen atoms in total. The highest BCUT2D eigenvalue weighted by molar-refractivity contribution is 5.92. The van der Waals surface area contributed by atoms with Crippen molar-refractivity contribution >= 4 is 5.91 Å². The van der Waals surface area contributed by atoms with Crippen molar-refractivity contribution in [3.63, 3.8) is 0 Å². The van der Waals surface area contributed by atoms with Gasteiger partial charge in [-0.1, -0.05) is 35.5 Å². The molecule has 1 saturated heterocycles. The number of carbonyl (C=O) groups is 1. The van der Waals surface area contributed by atoms with Crippen LogP contribution in [0.3, 0.4) is 0 Å². The lowest BCUT2D eigenvalue weighted by atomic mass is 10.1. The van der Waals surface area contributed by atoms with E-state index < -0.39 is 0 Å². The predicted octanol–water partition coefficient (Wildman–Crippen LogP) is 1.91. The van der Waals surface area contributed by atoms with Gasteiger partial charge in [-0.3, -0.25) is 9.48 Å². The van der Waals surface area contributed by atoms with Crippen molar-refractivity contribution in [2.75, 3.05) is 13.1 Å². The Kier molecular flexibility index (Phi) is 4.97. The van der Waals surface area contributed by atoms with E-state index in [-0.39, 0.29) is 11.9 Å². The highest BCUT2D eigenvalue weighted by Gasteiger charge is 2.34. The second-order valence-corrected chi connectivity index (χ2v) is 6.59. The van der Waals surface area contributed by atoms with Crippen molar-refractivity contribution in [2.45, 2.75) is 32.7 Å². The van der Waals surface area contributed by atoms with Crippen LogP contribution in [0.1, 0.15) is 34.7 Å². The summed E-state index contributed by atoms with van der Waals surface area (Å²) in [5, 5.41) is 12.6. The van der Waals surface area contributed by atoms with Gasteiger partial charge in [0.05, 0.1) is 25.5 Å². The van der Waals surface area contributed by atoms with Crippen LogP contribution in [-0.2, 0) is 24.5 Å². The van der Waals surface area contributed by atoms with Gasteiger partial charge in [-0.05, 0) is 18.6 Å². The van der Waals surface area contributed by atoms with Crippen LogP contribution in [0.2, 0.25) is 0 Å². The molecule has 0 bridgehead atoms. The van der Waals surface area contributed by atoms with Gasteiger partial charge in [-0.15, -0.1) is 5.10 Å². The molecular weight excluding hydrogens is 344 g/mol. The second-order valence-electron chi connectivity index (χ2n) is 6.59. The summed E-state index contributed by atoms with van der Waals surface area (Å²) in [6, 6.07) is 11.9. The molecule has 2 aromatic heterocycles. The number of aryl methyl sites for hydroxylation is 1. The Balaban J connectivity index is 1.25. The molecule has 0 aliphatic carbocycles. The minimum Gasteiger partial charge on any atom is -0.370 e. The van der Waals surface area contributed by atoms with E-state index in [2.05, 4.69) is 15.4 Å². The Morgan fingerprint density at radius 2 is 2.00 bits per heavy atom. The summed E-state index contributed by atoms with van der Waals surface area (Å²) >= 11 is 0. The third-order valence-electron chi connectivity index (χ3n) is 4.63. The van der Waals surface area contributed by atoms with Gasteiger partial charge >= 0.3 is 0 Å². The first-order valence-corrected chi connectivity index (χ1v) is 9.08. The van der Waals surface area contributed by atoms with Crippen molar-refractivity contribution in [3.8, 4) is 0 Å². The molecule has 1 fully saturated rings. The smallest absolute Gasteiger partial charge is 0.274 e. The van der Waals surface area contributed by atoms with Crippen LogP contribution >= 0.6 is 0 Å². The summed E-state index contributed by atoms with van der Waals surface area (Å²) in [7, 11) is 0. The van der Waals surface area contributed by atoms with E-state index in [1.165, 1.54) is 0 Å². The van der Waals surface area contributed by atoms with Gasteiger partial charge in [0.2, 0.25) is 0 Å². The molecule has 0 unspecified atom stereocenters. The minimum absolute atomic E-state index is 0.0371. The largest absolute Gasteiger partial charge is 0.370 e. The van der Waals surface area contributed by atoms with Crippen molar-refractivity contribution in [1.29, 1.82) is 0 Å². The molecular formula is C19H22N6O2. The van der Waals surface area contributed by atoms with Crippen LogP contribution < -0.4 is 0 Å². The van der Waals surface area contributed by atoms with Gasteiger partial charge in [0.15, 0.2) is 0 Å². The fraction of sp³-hybridized carbons (Fsp3) is 0.368. The lowest BCUT2D eigenvalue weighted by molar-refractivity contribution is 0.0491. The molecule has 3 heterocycles. The van der Waals surface area contributed by atoms with Crippen LogP contribution in [0.15, 0.2) is 48.8 Å². The summed E-state index contributed by atoms with van der Waals surface area (Å²) in [5.41, 5.74) is 2.41. The van der Waals surface area contributed by atoms with Crippen molar-refractivity contribution < 1.29 is 9.53 Å². The normalized spacial score (nSPS) is 14.3. The zero-order chi connectivity index (χ0) is 18.6. The Morgan fingerprint density at radius 3 is 2.74 bits per heavy atom. The monoisotopic (exact) mass is 366 g/mol. The van der Waals surface area contributed by atoms with E-state index in [0.29, 0.717) is 32.0 Å². The maximum atomic E-state index is 12.4. The molecule has 0 atom stereocenters. The van der Waals surface area contributed by atoms with E-state index in [4.69, 9.17) is 4.74 Å². The maximum Gasteiger partial charge on any atom is 0.274 e. The molecule has 4 rings (SSSR count). The maximum absolute atomic E-state index is 12.4. The molecule has 0 N–H and O–H groups in total. The average molecular weight is 366 g/mol. The number of carbonyl (C=O) groups excluding carboxylic acids is 1. The van der Waals surface area contributed by atoms with Crippen LogP contribution in [0, 0.1) is 0 Å². The highest BCUT2D eigenvalue weighted by atomic mass is 16.5. The SMILES string of the molecule is CCn1ccc(C(=O)N2CC(n3cc(COCc4ccccc4)nn3)C2)n1. The topological polar surface area (TPSA) is 78.1 Å². The number of ether oxygens (including phenoxy) is 1. The molecule has 3 aromatic rings. The fourth-order valence-electron chi connectivity index (χ4n) is 3.01. The van der Waals surface area contributed by atoms with E-state index in [0.717, 1.165) is 17.8 Å². The lowest BCUT2D eigenvalue weighted by Crippen LogP contribution is -2.51. The summed E-state index contributed by atoms with van der Waals surface area (Å²) in [6.07, 6.45) is 3.72. The molecule has 1 amide bonds. The summed E-state index contributed by atoms with van der Waals surface area (Å²) in [4.78, 5) is 14.2. The Bertz CT molecular complexity index is 898. The third kappa shape index (κ3) is 3.90. The number of hydrogen-bond acceptors (Lipinski definition) is 5. The Labute approximate surface area is 157 Å². The van der Waals surface area contributed by atoms with Crippen molar-refractivity contribution in [1.82, 2.24) is 29.7 Å². The van der Waals surface area contributed by atoms with Crippen LogP contribution in [0.5, 0.6) is 0 Å². The molecule has 1 aliphatic heterocycles. The highest BCUT2D eigenvalue weighted by Crippen LogP contribution is 2.22. The second kappa shape index (κ2) is 7.71. The van der Waals surface area contributed by atoms with Gasteiger partial charge in [0.1, 0.15) is 11.4 Å². The van der Waals surface area contributed by atoms with Crippen molar-refractivity contribution in [3.05, 3.63) is 65.7 Å². The quantitative estimate of drug-likeness (QED) is 0.638. The summed E-state index contributed by atoms with van der Waals surface area (Å²) < 4.78 is 9.26. The van der Waals surface area contributed by atoms with Gasteiger partial charge in [-0.2, -0.15) is 5.10 Å². The fourth-order valence-corrected chi connectivity index (χ4v) is 3.01. The number of aromatic nitrogens is 5. The number of nitrogens with zero attached hydrogens (tertiary/aromatic N) is 6. The predicted molar refractivity (Wildman–Crippen MR) is 97.8 cm³/mol. The molecule has 27 heavy (non-hydrogen) atoms. The minimum atomic E-state index is -0.0371. The Morgan fingerprint density at radius 1 is 1.19 bits per heavy atom. The zero-order valence-corrected chi connectivity index (χ0v) is 15.2. The molecule has 0 radical (unpaired) electrons. The van der Waals surface area contributed by atoms with Gasteiger partial charge in [0.25, 0.3) is 5.91 Å². The van der Waals surface area contributed by atoms with Gasteiger partial charge in [0, 0.05) is 25.8 Å². The number of amides is 1. The van der Waals surface area contributed by atoms with E-state index in [1.54, 1.807) is 15.6 Å². The molecule has 140 valence electrons. The van der Waals surface area contributed by atoms with E-state index in [1.807, 2.05) is 54.3 Å². The van der Waals surface area contributed by atoms with Crippen molar-refractivity contribution in [2.24, 2.45) is 0 Å². The van der Waals surface area contributed by atoms with E-state index in [9.17, 15) is 4.79 Å². The van der Waals surface area contributed by atoms with E-state index >= 15 is 0 Å². The number of likely N-dealkylation sites (tertiary alicyclic amines) is 1. The third-order valence-corrected chi connectivity index (χ3v) is 4.63. The first-order chi connectivity index (χ1) is 13.2. The van der Waals surface area contributed by atoms with Gasteiger partial charge in [-0.25, -0.2) is 4.68 Å². The average Bonchev–Trinajstić information content (AvgIpc) is 3.31. The standard InChI is InChI=1S/C19H22N6O2/c1-2-24-9-8-18(21-24)19(26)23-11-17(12-23)25-10-16(20-22-25)14-27-13-15-6-4-3-5-7-15/h3-10,17H,2,11-14H2,1H3. The molecule has 0 spiro atoms. The molecule has 1 aromatic carbocycles. The first-order valence-electron chi connectivity index (χ1n) is 9.08. The molecule has 0 saturated carbocycles. The molecule has 8 heteroatoms. The Hall–Kier alpha value is -3.00. The first kappa shape index (κ1) is 17.4. The van der Waals surface area contributed by atoms with Crippen LogP contribution in [0.4, 0.5) is 0 Å². The van der Waals surface area contributed by atoms with Crippen LogP contribution in [-0.4, -0.2) is 48.7 Å². The number of benzene rings is 1. The van der Waals surface area contributed by atoms with Gasteiger partial charge < -0.3 is 9.64 Å². The number of rotatable bonds is 7. The molecule has 1 aliphatic rings. The number of hydrogen-bond donors (Lipinski definition) is 0. The van der Waals surface area contributed by atoms with Crippen LogP contribution in [0.25, 0.3) is 0 Å². The summed E-state index contributed by atoms with van der Waals surface area (Å²) in [5.74, 6) is -0.0371. The summed E-state index contributed by atoms with van der Waals surface area (Å²) in [6.45, 7) is 4.94. The zero-order valence-electron chi connectivity index (χ0n) is 15.2.